The van der Waals surface area contributed by atoms with E-state index in [2.05, 4.69) is 26.4 Å². The number of carbonyl (C=O) groups is 1. The number of anilines is 1. The summed E-state index contributed by atoms with van der Waals surface area (Å²) in [5.41, 5.74) is 2.00. The van der Waals surface area contributed by atoms with E-state index in [1.807, 2.05) is 0 Å². The maximum atomic E-state index is 13.3. The molecule has 0 aromatic heterocycles. The molecule has 0 bridgehead atoms. The second kappa shape index (κ2) is 6.49. The molecule has 0 unspecified atom stereocenters. The Balaban J connectivity index is 2.16. The molecule has 0 fully saturated rings. The lowest BCUT2D eigenvalue weighted by molar-refractivity contribution is 0.102. The Bertz CT molecular complexity index is 679. The second-order valence-electron chi connectivity index (χ2n) is 4.38. The van der Waals surface area contributed by atoms with E-state index < -0.39 is 11.7 Å². The van der Waals surface area contributed by atoms with Crippen molar-refractivity contribution in [3.05, 3.63) is 63.9 Å². The first-order valence-electron chi connectivity index (χ1n) is 6.06. The van der Waals surface area contributed by atoms with Gasteiger partial charge in [-0.3, -0.25) is 4.79 Å². The summed E-state index contributed by atoms with van der Waals surface area (Å²) in [5.74, 6) is -0.893. The summed E-state index contributed by atoms with van der Waals surface area (Å²) < 4.78 is 13.8. The molecule has 6 heteroatoms. The number of benzene rings is 2. The smallest absolute Gasteiger partial charge is 0.255 e. The second-order valence-corrected chi connectivity index (χ2v) is 5.29. The zero-order valence-electron chi connectivity index (χ0n) is 11.1. The molecular weight excluding hydrogens is 339 g/mol. The van der Waals surface area contributed by atoms with Gasteiger partial charge in [-0.15, -0.1) is 0 Å². The molecule has 4 nitrogen and oxygen atoms in total. The number of carbonyl (C=O) groups excluding carboxylic acids is 1. The van der Waals surface area contributed by atoms with Crippen LogP contribution in [0.4, 0.5) is 10.1 Å². The molecule has 0 atom stereocenters. The molecule has 21 heavy (non-hydrogen) atoms. The number of hydrogen-bond acceptors (Lipinski definition) is 3. The largest absolute Gasteiger partial charge is 0.411 e. The van der Waals surface area contributed by atoms with Crippen molar-refractivity contribution >= 4 is 33.2 Å². The Labute approximate surface area is 129 Å². The quantitative estimate of drug-likeness (QED) is 0.498. The zero-order valence-corrected chi connectivity index (χ0v) is 12.7. The molecule has 0 radical (unpaired) electrons. The van der Waals surface area contributed by atoms with Crippen LogP contribution in [0.3, 0.4) is 0 Å². The maximum absolute atomic E-state index is 13.3. The molecule has 0 aliphatic carbocycles. The van der Waals surface area contributed by atoms with Gasteiger partial charge in [0.15, 0.2) is 0 Å². The van der Waals surface area contributed by atoms with Crippen molar-refractivity contribution in [2.45, 2.75) is 6.92 Å². The van der Waals surface area contributed by atoms with Gasteiger partial charge in [-0.25, -0.2) is 4.39 Å². The van der Waals surface area contributed by atoms with Crippen LogP contribution >= 0.6 is 15.9 Å². The van der Waals surface area contributed by atoms with E-state index in [0.29, 0.717) is 15.9 Å². The third-order valence-corrected chi connectivity index (χ3v) is 3.29. The van der Waals surface area contributed by atoms with Gasteiger partial charge < -0.3 is 10.5 Å². The Hall–Kier alpha value is -2.21. The predicted molar refractivity (Wildman–Crippen MR) is 82.5 cm³/mol. The summed E-state index contributed by atoms with van der Waals surface area (Å²) in [6, 6.07) is 10.8. The number of rotatable bonds is 3. The highest BCUT2D eigenvalue weighted by Crippen LogP contribution is 2.17. The molecule has 0 saturated heterocycles. The monoisotopic (exact) mass is 350 g/mol. The lowest BCUT2D eigenvalue weighted by atomic mass is 10.1. The van der Waals surface area contributed by atoms with Crippen molar-refractivity contribution in [3.63, 3.8) is 0 Å². The van der Waals surface area contributed by atoms with Crippen LogP contribution in [0, 0.1) is 5.82 Å². The fourth-order valence-corrected chi connectivity index (χ4v) is 2.21. The Morgan fingerprint density at radius 2 is 1.86 bits per heavy atom. The molecule has 2 aromatic carbocycles. The van der Waals surface area contributed by atoms with Gasteiger partial charge in [-0.05, 0) is 42.8 Å². The standard InChI is InChI=1S/C15H12BrFN2O2/c1-9(19-21)10-2-4-14(5-3-10)18-15(20)11-6-12(16)8-13(17)7-11/h2-8,21H,1H3,(H,18,20)/b19-9+. The normalized spacial score (nSPS) is 11.3. The molecule has 0 spiro atoms. The molecule has 2 N–H and O–H groups in total. The van der Waals surface area contributed by atoms with Gasteiger partial charge in [0.1, 0.15) is 5.82 Å². The molecule has 2 aromatic rings. The molecule has 0 aliphatic heterocycles. The number of nitrogens with zero attached hydrogens (tertiary/aromatic N) is 1. The number of hydrogen-bond donors (Lipinski definition) is 2. The number of halogens is 2. The topological polar surface area (TPSA) is 61.7 Å². The highest BCUT2D eigenvalue weighted by molar-refractivity contribution is 9.10. The van der Waals surface area contributed by atoms with E-state index in [-0.39, 0.29) is 5.56 Å². The predicted octanol–water partition coefficient (Wildman–Crippen LogP) is 4.04. The molecule has 2 rings (SSSR count). The summed E-state index contributed by atoms with van der Waals surface area (Å²) in [7, 11) is 0. The summed E-state index contributed by atoms with van der Waals surface area (Å²) in [6.45, 7) is 1.66. The van der Waals surface area contributed by atoms with E-state index in [1.54, 1.807) is 31.2 Å². The highest BCUT2D eigenvalue weighted by atomic mass is 79.9. The van der Waals surface area contributed by atoms with Crippen LogP contribution in [0.25, 0.3) is 0 Å². The summed E-state index contributed by atoms with van der Waals surface area (Å²) in [6.07, 6.45) is 0. The van der Waals surface area contributed by atoms with Crippen LogP contribution in [0.1, 0.15) is 22.8 Å². The third-order valence-electron chi connectivity index (χ3n) is 2.84. The summed E-state index contributed by atoms with van der Waals surface area (Å²) in [4.78, 5) is 12.0. The lowest BCUT2D eigenvalue weighted by Crippen LogP contribution is -2.12. The first-order chi connectivity index (χ1) is 9.99. The van der Waals surface area contributed by atoms with Crippen molar-refractivity contribution in [2.24, 2.45) is 5.16 Å². The van der Waals surface area contributed by atoms with Gasteiger partial charge in [-0.2, -0.15) is 0 Å². The van der Waals surface area contributed by atoms with Crippen molar-refractivity contribution in [2.75, 3.05) is 5.32 Å². The molecule has 1 amide bonds. The summed E-state index contributed by atoms with van der Waals surface area (Å²) in [5, 5.41) is 14.4. The van der Waals surface area contributed by atoms with Crippen molar-refractivity contribution < 1.29 is 14.4 Å². The van der Waals surface area contributed by atoms with Crippen molar-refractivity contribution in [1.82, 2.24) is 0 Å². The maximum Gasteiger partial charge on any atom is 0.255 e. The van der Waals surface area contributed by atoms with E-state index in [0.717, 1.165) is 11.6 Å². The molecule has 0 heterocycles. The average molecular weight is 351 g/mol. The van der Waals surface area contributed by atoms with E-state index in [9.17, 15) is 9.18 Å². The van der Waals surface area contributed by atoms with Crippen LogP contribution in [-0.4, -0.2) is 16.8 Å². The minimum atomic E-state index is -0.486. The van der Waals surface area contributed by atoms with Crippen molar-refractivity contribution in [3.8, 4) is 0 Å². The van der Waals surface area contributed by atoms with Gasteiger partial charge in [0, 0.05) is 15.7 Å². The van der Waals surface area contributed by atoms with Crippen LogP contribution in [0.15, 0.2) is 52.1 Å². The molecule has 0 saturated carbocycles. The van der Waals surface area contributed by atoms with Crippen molar-refractivity contribution in [1.29, 1.82) is 0 Å². The van der Waals surface area contributed by atoms with E-state index in [1.165, 1.54) is 12.1 Å². The SMILES string of the molecule is C/C(=N\O)c1ccc(NC(=O)c2cc(F)cc(Br)c2)cc1. The van der Waals surface area contributed by atoms with Gasteiger partial charge in [0.25, 0.3) is 5.91 Å². The molecule has 108 valence electrons. The number of oxime groups is 1. The van der Waals surface area contributed by atoms with Gasteiger partial charge in [0.05, 0.1) is 5.71 Å². The average Bonchev–Trinajstić information content (AvgIpc) is 2.46. The van der Waals surface area contributed by atoms with Crippen LogP contribution in [0.2, 0.25) is 0 Å². The first-order valence-corrected chi connectivity index (χ1v) is 6.85. The zero-order chi connectivity index (χ0) is 15.4. The van der Waals surface area contributed by atoms with Gasteiger partial charge in [0.2, 0.25) is 0 Å². The van der Waals surface area contributed by atoms with Crippen LogP contribution in [-0.2, 0) is 0 Å². The fraction of sp³-hybridized carbons (Fsp3) is 0.0667. The van der Waals surface area contributed by atoms with E-state index in [4.69, 9.17) is 5.21 Å². The van der Waals surface area contributed by atoms with E-state index >= 15 is 0 Å². The van der Waals surface area contributed by atoms with Crippen LogP contribution in [0.5, 0.6) is 0 Å². The molecule has 0 aliphatic rings. The fourth-order valence-electron chi connectivity index (χ4n) is 1.74. The Kier molecular flexibility index (Phi) is 4.70. The number of nitrogens with one attached hydrogen (secondary N) is 1. The molecular formula is C15H12BrFN2O2. The van der Waals surface area contributed by atoms with Gasteiger partial charge in [-0.1, -0.05) is 33.2 Å². The summed E-state index contributed by atoms with van der Waals surface area (Å²) >= 11 is 3.14. The minimum absolute atomic E-state index is 0.221. The third kappa shape index (κ3) is 3.88. The first kappa shape index (κ1) is 15.2. The minimum Gasteiger partial charge on any atom is -0.411 e. The van der Waals surface area contributed by atoms with Gasteiger partial charge >= 0.3 is 0 Å². The van der Waals surface area contributed by atoms with Crippen LogP contribution < -0.4 is 5.32 Å². The highest BCUT2D eigenvalue weighted by Gasteiger charge is 2.09. The Morgan fingerprint density at radius 1 is 1.19 bits per heavy atom. The number of amides is 1. The Morgan fingerprint density at radius 3 is 2.43 bits per heavy atom. The lowest BCUT2D eigenvalue weighted by Gasteiger charge is -2.07.